The van der Waals surface area contributed by atoms with Crippen LogP contribution in [0.15, 0.2) is 58.1 Å². The zero-order valence-electron chi connectivity index (χ0n) is 18.4. The Bertz CT molecular complexity index is 1110. The Morgan fingerprint density at radius 3 is 2.06 bits per heavy atom. The van der Waals surface area contributed by atoms with E-state index in [0.29, 0.717) is 43.9 Å². The highest BCUT2D eigenvalue weighted by Gasteiger charge is 2.34. The van der Waals surface area contributed by atoms with Crippen molar-refractivity contribution >= 4 is 38.6 Å². The molecular weight excluding hydrogens is 460 g/mol. The predicted octanol–water partition coefficient (Wildman–Crippen LogP) is 5.06. The Balaban J connectivity index is 1.44. The van der Waals surface area contributed by atoms with Gasteiger partial charge in [-0.1, -0.05) is 18.2 Å². The third-order valence-corrected chi connectivity index (χ3v) is 9.70. The number of carbonyl (C=O) groups is 1. The van der Waals surface area contributed by atoms with E-state index < -0.39 is 10.0 Å². The largest absolute Gasteiger partial charge is 0.332 e. The highest BCUT2D eigenvalue weighted by Crippen LogP contribution is 2.28. The SMILES string of the molecule is Cc1ccc(S(=O)(=O)N2CCC(C(=O)N(Cc3cccs3)Cc3cccs3)CC2)cc1C. The summed E-state index contributed by atoms with van der Waals surface area (Å²) >= 11 is 3.31. The molecule has 32 heavy (non-hydrogen) atoms. The third-order valence-electron chi connectivity index (χ3n) is 6.08. The van der Waals surface area contributed by atoms with Crippen LogP contribution in [0.5, 0.6) is 0 Å². The van der Waals surface area contributed by atoms with Crippen LogP contribution in [0, 0.1) is 19.8 Å². The molecule has 2 aromatic heterocycles. The van der Waals surface area contributed by atoms with Gasteiger partial charge in [-0.25, -0.2) is 8.42 Å². The van der Waals surface area contributed by atoms with E-state index in [2.05, 4.69) is 12.1 Å². The second kappa shape index (κ2) is 9.87. The minimum atomic E-state index is -3.54. The van der Waals surface area contributed by atoms with Crippen molar-refractivity contribution in [2.24, 2.45) is 5.92 Å². The van der Waals surface area contributed by atoms with Gasteiger partial charge >= 0.3 is 0 Å². The fourth-order valence-corrected chi connectivity index (χ4v) is 7.01. The molecule has 3 aromatic rings. The number of amides is 1. The number of piperidine rings is 1. The van der Waals surface area contributed by atoms with Crippen molar-refractivity contribution < 1.29 is 13.2 Å². The Morgan fingerprint density at radius 2 is 1.56 bits per heavy atom. The molecule has 1 aromatic carbocycles. The first-order valence-electron chi connectivity index (χ1n) is 10.8. The Labute approximate surface area is 198 Å². The smallest absolute Gasteiger partial charge is 0.243 e. The average molecular weight is 489 g/mol. The highest BCUT2D eigenvalue weighted by molar-refractivity contribution is 7.89. The van der Waals surface area contributed by atoms with E-state index >= 15 is 0 Å². The van der Waals surface area contributed by atoms with Crippen LogP contribution in [0.4, 0.5) is 0 Å². The molecule has 5 nitrogen and oxygen atoms in total. The lowest BCUT2D eigenvalue weighted by molar-refractivity contribution is -0.138. The second-order valence-electron chi connectivity index (χ2n) is 8.28. The van der Waals surface area contributed by atoms with E-state index in [-0.39, 0.29) is 11.8 Å². The molecule has 1 saturated heterocycles. The third kappa shape index (κ3) is 5.14. The van der Waals surface area contributed by atoms with Crippen LogP contribution in [0.2, 0.25) is 0 Å². The topological polar surface area (TPSA) is 57.7 Å². The van der Waals surface area contributed by atoms with Crippen LogP contribution in [0.1, 0.15) is 33.7 Å². The molecule has 0 spiro atoms. The standard InChI is InChI=1S/C24H28N2O3S3/c1-18-7-8-23(15-19(18)2)32(28,29)26-11-9-20(10-12-26)24(27)25(16-21-5-3-13-30-21)17-22-6-4-14-31-22/h3-8,13-15,20H,9-12,16-17H2,1-2H3. The second-order valence-corrected chi connectivity index (χ2v) is 12.3. The lowest BCUT2D eigenvalue weighted by Gasteiger charge is -2.33. The molecule has 1 amide bonds. The molecule has 1 fully saturated rings. The number of hydrogen-bond acceptors (Lipinski definition) is 5. The number of rotatable bonds is 7. The van der Waals surface area contributed by atoms with Gasteiger partial charge in [0.1, 0.15) is 0 Å². The summed E-state index contributed by atoms with van der Waals surface area (Å²) in [6, 6.07) is 13.4. The van der Waals surface area contributed by atoms with E-state index in [1.165, 1.54) is 4.31 Å². The van der Waals surface area contributed by atoms with Crippen LogP contribution < -0.4 is 0 Å². The average Bonchev–Trinajstić information content (AvgIpc) is 3.49. The van der Waals surface area contributed by atoms with E-state index in [9.17, 15) is 13.2 Å². The number of hydrogen-bond donors (Lipinski definition) is 0. The van der Waals surface area contributed by atoms with Gasteiger partial charge in [-0.3, -0.25) is 4.79 Å². The lowest BCUT2D eigenvalue weighted by atomic mass is 9.96. The summed E-state index contributed by atoms with van der Waals surface area (Å²) in [4.78, 5) is 18.0. The summed E-state index contributed by atoms with van der Waals surface area (Å²) in [6.07, 6.45) is 1.10. The van der Waals surface area contributed by atoms with E-state index in [0.717, 1.165) is 20.9 Å². The zero-order chi connectivity index (χ0) is 22.7. The molecule has 170 valence electrons. The fourth-order valence-electron chi connectivity index (χ4n) is 4.02. The van der Waals surface area contributed by atoms with Crippen LogP contribution in [-0.4, -0.2) is 36.6 Å². The molecule has 0 atom stereocenters. The number of nitrogens with zero attached hydrogens (tertiary/aromatic N) is 2. The quantitative estimate of drug-likeness (QED) is 0.467. The predicted molar refractivity (Wildman–Crippen MR) is 130 cm³/mol. The van der Waals surface area contributed by atoms with Crippen molar-refractivity contribution in [3.63, 3.8) is 0 Å². The molecule has 0 aliphatic carbocycles. The molecule has 0 bridgehead atoms. The Kier molecular flexibility index (Phi) is 7.14. The first-order valence-corrected chi connectivity index (χ1v) is 14.0. The van der Waals surface area contributed by atoms with Crippen LogP contribution in [0.25, 0.3) is 0 Å². The summed E-state index contributed by atoms with van der Waals surface area (Å²) in [5.74, 6) is -0.0313. The van der Waals surface area contributed by atoms with Crippen LogP contribution in [0.3, 0.4) is 0 Å². The summed E-state index contributed by atoms with van der Waals surface area (Å²) < 4.78 is 27.8. The van der Waals surface area contributed by atoms with Gasteiger partial charge in [-0.05, 0) is 72.8 Å². The highest BCUT2D eigenvalue weighted by atomic mass is 32.2. The Morgan fingerprint density at radius 1 is 0.969 bits per heavy atom. The van der Waals surface area contributed by atoms with Gasteiger partial charge in [-0.2, -0.15) is 4.31 Å². The maximum absolute atomic E-state index is 13.4. The first-order chi connectivity index (χ1) is 15.3. The number of aryl methyl sites for hydroxylation is 2. The van der Waals surface area contributed by atoms with Crippen molar-refractivity contribution in [3.05, 3.63) is 74.1 Å². The monoisotopic (exact) mass is 488 g/mol. The van der Waals surface area contributed by atoms with Gasteiger partial charge in [0.05, 0.1) is 18.0 Å². The number of carbonyl (C=O) groups excluding carboxylic acids is 1. The maximum Gasteiger partial charge on any atom is 0.243 e. The molecule has 1 aliphatic rings. The molecule has 0 unspecified atom stereocenters. The van der Waals surface area contributed by atoms with Crippen LogP contribution in [-0.2, 0) is 27.9 Å². The van der Waals surface area contributed by atoms with Crippen LogP contribution >= 0.6 is 22.7 Å². The van der Waals surface area contributed by atoms with Gasteiger partial charge in [0.15, 0.2) is 0 Å². The van der Waals surface area contributed by atoms with Crippen molar-refractivity contribution in [1.29, 1.82) is 0 Å². The summed E-state index contributed by atoms with van der Waals surface area (Å²) in [5.41, 5.74) is 2.04. The van der Waals surface area contributed by atoms with Crippen molar-refractivity contribution in [3.8, 4) is 0 Å². The van der Waals surface area contributed by atoms with E-state index in [4.69, 9.17) is 0 Å². The molecule has 4 rings (SSSR count). The minimum Gasteiger partial charge on any atom is -0.332 e. The molecule has 0 N–H and O–H groups in total. The lowest BCUT2D eigenvalue weighted by Crippen LogP contribution is -2.44. The molecule has 0 radical (unpaired) electrons. The van der Waals surface area contributed by atoms with Gasteiger partial charge < -0.3 is 4.90 Å². The van der Waals surface area contributed by atoms with Gasteiger partial charge in [0.2, 0.25) is 15.9 Å². The Hall–Kier alpha value is -2.00. The summed E-state index contributed by atoms with van der Waals surface area (Å²) in [6.45, 7) is 5.83. The van der Waals surface area contributed by atoms with Crippen molar-refractivity contribution in [2.45, 2.75) is 44.7 Å². The first kappa shape index (κ1) is 23.2. The molecule has 1 aliphatic heterocycles. The van der Waals surface area contributed by atoms with E-state index in [1.807, 2.05) is 47.7 Å². The molecule has 3 heterocycles. The molecule has 0 saturated carbocycles. The maximum atomic E-state index is 13.4. The molecule has 8 heteroatoms. The number of thiophene rings is 2. The van der Waals surface area contributed by atoms with Crippen molar-refractivity contribution in [1.82, 2.24) is 9.21 Å². The normalized spacial score (nSPS) is 15.7. The van der Waals surface area contributed by atoms with Gasteiger partial charge in [0, 0.05) is 28.8 Å². The van der Waals surface area contributed by atoms with Crippen molar-refractivity contribution in [2.75, 3.05) is 13.1 Å². The number of sulfonamides is 1. The molecular formula is C24H28N2O3S3. The zero-order valence-corrected chi connectivity index (χ0v) is 20.8. The fraction of sp³-hybridized carbons (Fsp3) is 0.375. The van der Waals surface area contributed by atoms with Gasteiger partial charge in [0.25, 0.3) is 0 Å². The minimum absolute atomic E-state index is 0.120. The summed E-state index contributed by atoms with van der Waals surface area (Å²) in [5, 5.41) is 4.05. The summed E-state index contributed by atoms with van der Waals surface area (Å²) in [7, 11) is -3.54. The van der Waals surface area contributed by atoms with E-state index in [1.54, 1.807) is 34.8 Å². The number of benzene rings is 1. The van der Waals surface area contributed by atoms with Gasteiger partial charge in [-0.15, -0.1) is 22.7 Å².